The number of carbonyl (C=O) groups excluding carboxylic acids is 2. The van der Waals surface area contributed by atoms with Gasteiger partial charge in [0.15, 0.2) is 0 Å². The predicted octanol–water partition coefficient (Wildman–Crippen LogP) is 1.91. The molecule has 0 aromatic rings. The number of nitrogens with zero attached hydrogens (tertiary/aromatic N) is 1. The molecule has 3 nitrogen and oxygen atoms in total. The van der Waals surface area contributed by atoms with Crippen LogP contribution in [0.15, 0.2) is 0 Å². The zero-order valence-corrected chi connectivity index (χ0v) is 8.89. The highest BCUT2D eigenvalue weighted by Gasteiger charge is 2.25. The largest absolute Gasteiger partial charge is 0.340 e. The average Bonchev–Trinajstić information content (AvgIpc) is 2.08. The highest BCUT2D eigenvalue weighted by molar-refractivity contribution is 8.14. The first kappa shape index (κ1) is 10.6. The van der Waals surface area contributed by atoms with E-state index in [1.807, 2.05) is 0 Å². The molecule has 0 N–H and O–H groups in total. The fourth-order valence-electron chi connectivity index (χ4n) is 1.30. The van der Waals surface area contributed by atoms with E-state index < -0.39 is 0 Å². The molecule has 1 atom stereocenters. The van der Waals surface area contributed by atoms with E-state index in [1.165, 1.54) is 16.7 Å². The Labute approximate surface area is 82.9 Å². The summed E-state index contributed by atoms with van der Waals surface area (Å²) in [6.07, 6.45) is 3.58. The molecule has 4 heteroatoms. The molecular weight excluding hydrogens is 186 g/mol. The van der Waals surface area contributed by atoms with E-state index >= 15 is 0 Å². The summed E-state index contributed by atoms with van der Waals surface area (Å²) in [4.78, 5) is 24.2. The predicted molar refractivity (Wildman–Crippen MR) is 53.9 cm³/mol. The number of hydrogen-bond acceptors (Lipinski definition) is 3. The number of rotatable bonds is 1. The summed E-state index contributed by atoms with van der Waals surface area (Å²) in [6.45, 7) is 0. The fraction of sp³-hybridized carbons (Fsp3) is 0.778. The second-order valence-electron chi connectivity index (χ2n) is 3.48. The summed E-state index contributed by atoms with van der Waals surface area (Å²) in [5, 5.41) is -0.0936. The molecule has 1 unspecified atom stereocenters. The first-order chi connectivity index (χ1) is 6.11. The summed E-state index contributed by atoms with van der Waals surface area (Å²) < 4.78 is 0. The van der Waals surface area contributed by atoms with Crippen LogP contribution in [0.2, 0.25) is 0 Å². The van der Waals surface area contributed by atoms with Gasteiger partial charge in [0, 0.05) is 20.5 Å². The van der Waals surface area contributed by atoms with Gasteiger partial charge in [0.05, 0.1) is 5.25 Å². The van der Waals surface area contributed by atoms with E-state index in [0.29, 0.717) is 6.42 Å². The van der Waals surface area contributed by atoms with Gasteiger partial charge in [0.25, 0.3) is 5.24 Å². The van der Waals surface area contributed by atoms with Gasteiger partial charge in [0.2, 0.25) is 0 Å². The topological polar surface area (TPSA) is 37.4 Å². The minimum absolute atomic E-state index is 0.0137. The van der Waals surface area contributed by atoms with Crippen LogP contribution in [0.3, 0.4) is 0 Å². The van der Waals surface area contributed by atoms with E-state index in [4.69, 9.17) is 0 Å². The number of amides is 1. The van der Waals surface area contributed by atoms with Crippen molar-refractivity contribution in [2.75, 3.05) is 14.1 Å². The Balaban J connectivity index is 2.43. The van der Waals surface area contributed by atoms with Gasteiger partial charge in [0.1, 0.15) is 5.78 Å². The number of thioether (sulfide) groups is 1. The molecule has 0 bridgehead atoms. The number of Topliss-reactive ketones (excluding diaryl/α,β-unsaturated/α-hetero) is 1. The minimum Gasteiger partial charge on any atom is -0.340 e. The number of hydrogen-bond donors (Lipinski definition) is 0. The second kappa shape index (κ2) is 4.65. The van der Waals surface area contributed by atoms with Gasteiger partial charge in [-0.2, -0.15) is 0 Å². The Morgan fingerprint density at radius 2 is 2.15 bits per heavy atom. The first-order valence-corrected chi connectivity index (χ1v) is 5.40. The lowest BCUT2D eigenvalue weighted by Gasteiger charge is -2.20. The highest BCUT2D eigenvalue weighted by atomic mass is 32.2. The van der Waals surface area contributed by atoms with Crippen LogP contribution in [0, 0.1) is 0 Å². The first-order valence-electron chi connectivity index (χ1n) is 4.52. The summed E-state index contributed by atoms with van der Waals surface area (Å²) >= 11 is 1.17. The highest BCUT2D eigenvalue weighted by Crippen LogP contribution is 2.26. The van der Waals surface area contributed by atoms with E-state index in [0.717, 1.165) is 19.3 Å². The van der Waals surface area contributed by atoms with E-state index in [2.05, 4.69) is 0 Å². The molecular formula is C9H15NO2S. The van der Waals surface area contributed by atoms with Crippen molar-refractivity contribution < 1.29 is 9.59 Å². The number of ketones is 1. The molecule has 74 valence electrons. The standard InChI is InChI=1S/C9H15NO2S/c1-10(2)9(12)13-8-6-4-3-5-7(8)11/h8H,3-6H2,1-2H3. The average molecular weight is 201 g/mol. The maximum absolute atomic E-state index is 11.4. The van der Waals surface area contributed by atoms with Crippen LogP contribution in [0.1, 0.15) is 25.7 Å². The zero-order chi connectivity index (χ0) is 9.84. The molecule has 1 aliphatic carbocycles. The molecule has 1 saturated carbocycles. The van der Waals surface area contributed by atoms with E-state index in [-0.39, 0.29) is 16.3 Å². The van der Waals surface area contributed by atoms with Crippen LogP contribution >= 0.6 is 11.8 Å². The molecule has 0 aliphatic heterocycles. The van der Waals surface area contributed by atoms with Gasteiger partial charge < -0.3 is 4.90 Å². The van der Waals surface area contributed by atoms with Crippen LogP contribution in [0.25, 0.3) is 0 Å². The van der Waals surface area contributed by atoms with Crippen LogP contribution in [0.5, 0.6) is 0 Å². The Morgan fingerprint density at radius 3 is 2.69 bits per heavy atom. The monoisotopic (exact) mass is 201 g/mol. The summed E-state index contributed by atoms with van der Waals surface area (Å²) in [5.74, 6) is 0.242. The molecule has 13 heavy (non-hydrogen) atoms. The second-order valence-corrected chi connectivity index (χ2v) is 4.63. The van der Waals surface area contributed by atoms with Crippen molar-refractivity contribution >= 4 is 22.8 Å². The van der Waals surface area contributed by atoms with Gasteiger partial charge in [-0.25, -0.2) is 0 Å². The van der Waals surface area contributed by atoms with Gasteiger partial charge in [-0.15, -0.1) is 0 Å². The third kappa shape index (κ3) is 3.03. The lowest BCUT2D eigenvalue weighted by Crippen LogP contribution is -2.26. The Kier molecular flexibility index (Phi) is 3.78. The normalized spacial score (nSPS) is 22.9. The van der Waals surface area contributed by atoms with E-state index in [1.54, 1.807) is 14.1 Å². The molecule has 1 aliphatic rings. The van der Waals surface area contributed by atoms with Gasteiger partial charge in [-0.05, 0) is 12.8 Å². The minimum atomic E-state index is -0.0800. The van der Waals surface area contributed by atoms with Crippen molar-refractivity contribution in [1.82, 2.24) is 4.90 Å². The van der Waals surface area contributed by atoms with Crippen molar-refractivity contribution in [1.29, 1.82) is 0 Å². The third-order valence-corrected chi connectivity index (χ3v) is 3.46. The Morgan fingerprint density at radius 1 is 1.46 bits per heavy atom. The Bertz CT molecular complexity index is 216. The number of carbonyl (C=O) groups is 2. The molecule has 1 rings (SSSR count). The van der Waals surface area contributed by atoms with Crippen LogP contribution in [0.4, 0.5) is 4.79 Å². The van der Waals surface area contributed by atoms with Crippen molar-refractivity contribution in [3.8, 4) is 0 Å². The van der Waals surface area contributed by atoms with Crippen molar-refractivity contribution in [2.45, 2.75) is 30.9 Å². The molecule has 1 fully saturated rings. The lowest BCUT2D eigenvalue weighted by atomic mass is 9.99. The van der Waals surface area contributed by atoms with Crippen LogP contribution < -0.4 is 0 Å². The fourth-order valence-corrected chi connectivity index (χ4v) is 2.29. The molecule has 0 heterocycles. The zero-order valence-electron chi connectivity index (χ0n) is 8.08. The summed E-state index contributed by atoms with van der Waals surface area (Å²) in [7, 11) is 3.42. The molecule has 0 saturated heterocycles. The van der Waals surface area contributed by atoms with Crippen molar-refractivity contribution in [2.24, 2.45) is 0 Å². The quantitative estimate of drug-likeness (QED) is 0.650. The molecule has 0 radical (unpaired) electrons. The Hall–Kier alpha value is -0.510. The third-order valence-electron chi connectivity index (χ3n) is 2.11. The van der Waals surface area contributed by atoms with Crippen molar-refractivity contribution in [3.05, 3.63) is 0 Å². The van der Waals surface area contributed by atoms with Gasteiger partial charge in [-0.1, -0.05) is 18.2 Å². The maximum Gasteiger partial charge on any atom is 0.281 e. The van der Waals surface area contributed by atoms with E-state index in [9.17, 15) is 9.59 Å². The lowest BCUT2D eigenvalue weighted by molar-refractivity contribution is -0.119. The van der Waals surface area contributed by atoms with Crippen LogP contribution in [-0.2, 0) is 4.79 Å². The summed E-state index contributed by atoms with van der Waals surface area (Å²) in [5.41, 5.74) is 0. The van der Waals surface area contributed by atoms with Crippen molar-refractivity contribution in [3.63, 3.8) is 0 Å². The van der Waals surface area contributed by atoms with Gasteiger partial charge in [-0.3, -0.25) is 9.59 Å². The molecule has 0 aromatic carbocycles. The maximum atomic E-state index is 11.4. The molecule has 0 spiro atoms. The molecule has 0 aromatic heterocycles. The summed E-state index contributed by atoms with van der Waals surface area (Å²) in [6, 6.07) is 0. The SMILES string of the molecule is CN(C)C(=O)SC1CCCCC1=O. The van der Waals surface area contributed by atoms with Crippen LogP contribution in [-0.4, -0.2) is 35.3 Å². The smallest absolute Gasteiger partial charge is 0.281 e. The van der Waals surface area contributed by atoms with Gasteiger partial charge >= 0.3 is 0 Å². The molecule has 1 amide bonds.